The molecule has 2 heterocycles. The number of piperidine rings is 2. The van der Waals surface area contributed by atoms with Crippen LogP contribution in [0.1, 0.15) is 62.0 Å². The molecule has 1 aliphatic carbocycles. The second-order valence-corrected chi connectivity index (χ2v) is 10.0. The molecule has 5 rings (SSSR count). The number of hydrogen-bond donors (Lipinski definition) is 1. The minimum atomic E-state index is -0.603. The molecule has 2 saturated heterocycles. The lowest BCUT2D eigenvalue weighted by Crippen LogP contribution is -2.55. The molecule has 2 aromatic rings. The van der Waals surface area contributed by atoms with Crippen molar-refractivity contribution in [3.8, 4) is 0 Å². The normalized spacial score (nSPS) is 24.0. The van der Waals surface area contributed by atoms with Gasteiger partial charge in [-0.1, -0.05) is 49.2 Å². The van der Waals surface area contributed by atoms with E-state index in [-0.39, 0.29) is 17.7 Å². The van der Waals surface area contributed by atoms with Gasteiger partial charge in [-0.25, -0.2) is 8.78 Å². The van der Waals surface area contributed by atoms with Crippen LogP contribution in [0.3, 0.4) is 0 Å². The highest BCUT2D eigenvalue weighted by Gasteiger charge is 2.50. The Kier molecular flexibility index (Phi) is 5.71. The summed E-state index contributed by atoms with van der Waals surface area (Å²) in [6, 6.07) is 13.8. The van der Waals surface area contributed by atoms with Crippen molar-refractivity contribution in [1.29, 1.82) is 0 Å². The van der Waals surface area contributed by atoms with Gasteiger partial charge in [0.1, 0.15) is 11.6 Å². The minimum absolute atomic E-state index is 0.0369. The zero-order valence-corrected chi connectivity index (χ0v) is 18.8. The van der Waals surface area contributed by atoms with Crippen LogP contribution in [0.25, 0.3) is 0 Å². The van der Waals surface area contributed by atoms with E-state index < -0.39 is 22.5 Å². The first-order valence-electron chi connectivity index (χ1n) is 12.0. The Morgan fingerprint density at radius 2 is 1.67 bits per heavy atom. The van der Waals surface area contributed by atoms with Crippen molar-refractivity contribution < 1.29 is 18.4 Å². The van der Waals surface area contributed by atoms with Crippen LogP contribution in [0.4, 0.5) is 8.78 Å². The quantitative estimate of drug-likeness (QED) is 0.735. The summed E-state index contributed by atoms with van der Waals surface area (Å²) in [4.78, 5) is 28.2. The maximum absolute atomic E-state index is 14.7. The van der Waals surface area contributed by atoms with Gasteiger partial charge < -0.3 is 10.2 Å². The van der Waals surface area contributed by atoms with Crippen LogP contribution in [-0.2, 0) is 15.0 Å². The lowest BCUT2D eigenvalue weighted by Gasteiger charge is -2.50. The van der Waals surface area contributed by atoms with Gasteiger partial charge >= 0.3 is 0 Å². The maximum Gasteiger partial charge on any atom is 0.233 e. The first kappa shape index (κ1) is 22.1. The van der Waals surface area contributed by atoms with E-state index in [1.807, 2.05) is 23.1 Å². The van der Waals surface area contributed by atoms with Gasteiger partial charge in [0.15, 0.2) is 0 Å². The molecule has 174 valence electrons. The largest absolute Gasteiger partial charge is 0.355 e. The second kappa shape index (κ2) is 8.54. The fourth-order valence-corrected chi connectivity index (χ4v) is 6.51. The van der Waals surface area contributed by atoms with Crippen molar-refractivity contribution in [2.24, 2.45) is 5.41 Å². The van der Waals surface area contributed by atoms with Crippen molar-refractivity contribution in [3.63, 3.8) is 0 Å². The van der Waals surface area contributed by atoms with Crippen molar-refractivity contribution in [3.05, 3.63) is 71.3 Å². The van der Waals surface area contributed by atoms with Gasteiger partial charge in [0.05, 0.1) is 5.41 Å². The number of likely N-dealkylation sites (tertiary alicyclic amines) is 1. The van der Waals surface area contributed by atoms with Gasteiger partial charge in [0.2, 0.25) is 11.8 Å². The molecule has 2 amide bonds. The summed E-state index contributed by atoms with van der Waals surface area (Å²) in [7, 11) is 0. The zero-order chi connectivity index (χ0) is 23.1. The third kappa shape index (κ3) is 3.83. The van der Waals surface area contributed by atoms with E-state index in [0.717, 1.165) is 37.3 Å². The summed E-state index contributed by atoms with van der Waals surface area (Å²) in [6.07, 6.45) is 5.40. The summed E-state index contributed by atoms with van der Waals surface area (Å²) in [6.45, 7) is 1.45. The molecule has 1 spiro atoms. The van der Waals surface area contributed by atoms with Gasteiger partial charge in [0, 0.05) is 38.0 Å². The molecule has 2 aromatic carbocycles. The molecule has 0 unspecified atom stereocenters. The summed E-state index contributed by atoms with van der Waals surface area (Å²) < 4.78 is 28.2. The molecular weight excluding hydrogens is 422 g/mol. The van der Waals surface area contributed by atoms with Gasteiger partial charge in [0.25, 0.3) is 0 Å². The second-order valence-electron chi connectivity index (χ2n) is 10.0. The Morgan fingerprint density at radius 3 is 2.33 bits per heavy atom. The number of amides is 2. The van der Waals surface area contributed by atoms with E-state index in [1.165, 1.54) is 12.1 Å². The van der Waals surface area contributed by atoms with Crippen LogP contribution in [0.15, 0.2) is 48.5 Å². The standard InChI is InChI=1S/C27H30F2N2O2/c28-20-8-9-21(23(29)16-20)22-18-30-24(32)17-26(22)12-14-31(15-13-26)25(33)27(10-4-5-11-27)19-6-2-1-3-7-19/h1-3,6-9,16,22H,4-5,10-15,17-18H2,(H,30,32)/t22-/m0/s1. The Hall–Kier alpha value is -2.76. The zero-order valence-electron chi connectivity index (χ0n) is 18.8. The molecule has 4 nitrogen and oxygen atoms in total. The highest BCUT2D eigenvalue weighted by Crippen LogP contribution is 2.50. The number of hydrogen-bond acceptors (Lipinski definition) is 2. The lowest BCUT2D eigenvalue weighted by molar-refractivity contribution is -0.141. The molecule has 2 aliphatic heterocycles. The number of nitrogens with one attached hydrogen (secondary N) is 1. The maximum atomic E-state index is 14.7. The Morgan fingerprint density at radius 1 is 0.970 bits per heavy atom. The van der Waals surface area contributed by atoms with Crippen LogP contribution in [0.5, 0.6) is 0 Å². The van der Waals surface area contributed by atoms with Crippen LogP contribution < -0.4 is 5.32 Å². The van der Waals surface area contributed by atoms with E-state index in [1.54, 1.807) is 0 Å². The number of rotatable bonds is 3. The molecule has 1 N–H and O–H groups in total. The third-order valence-electron chi connectivity index (χ3n) is 8.33. The van der Waals surface area contributed by atoms with Crippen molar-refractivity contribution in [1.82, 2.24) is 10.2 Å². The molecule has 1 atom stereocenters. The first-order valence-corrected chi connectivity index (χ1v) is 12.0. The van der Waals surface area contributed by atoms with Crippen molar-refractivity contribution >= 4 is 11.8 Å². The molecule has 6 heteroatoms. The summed E-state index contributed by atoms with van der Waals surface area (Å²) in [5, 5.41) is 2.87. The highest BCUT2D eigenvalue weighted by molar-refractivity contribution is 5.89. The van der Waals surface area contributed by atoms with Gasteiger partial charge in [-0.2, -0.15) is 0 Å². The molecule has 0 aromatic heterocycles. The van der Waals surface area contributed by atoms with Crippen LogP contribution in [-0.4, -0.2) is 36.3 Å². The lowest BCUT2D eigenvalue weighted by atomic mass is 9.62. The van der Waals surface area contributed by atoms with Crippen LogP contribution in [0.2, 0.25) is 0 Å². The third-order valence-corrected chi connectivity index (χ3v) is 8.33. The van der Waals surface area contributed by atoms with Crippen LogP contribution >= 0.6 is 0 Å². The Balaban J connectivity index is 1.39. The fraction of sp³-hybridized carbons (Fsp3) is 0.481. The van der Waals surface area contributed by atoms with Gasteiger partial charge in [-0.3, -0.25) is 9.59 Å². The number of carbonyl (C=O) groups is 2. The van der Waals surface area contributed by atoms with Gasteiger partial charge in [-0.15, -0.1) is 0 Å². The van der Waals surface area contributed by atoms with Gasteiger partial charge in [-0.05, 0) is 48.3 Å². The minimum Gasteiger partial charge on any atom is -0.355 e. The summed E-state index contributed by atoms with van der Waals surface area (Å²) in [5.41, 5.74) is 0.662. The number of halogens is 2. The van der Waals surface area contributed by atoms with Crippen LogP contribution in [0, 0.1) is 17.0 Å². The predicted octanol–water partition coefficient (Wildman–Crippen LogP) is 4.69. The average Bonchev–Trinajstić information content (AvgIpc) is 3.32. The molecule has 3 fully saturated rings. The predicted molar refractivity (Wildman–Crippen MR) is 122 cm³/mol. The molecule has 1 saturated carbocycles. The topological polar surface area (TPSA) is 49.4 Å². The Labute approximate surface area is 193 Å². The monoisotopic (exact) mass is 452 g/mol. The molecular formula is C27H30F2N2O2. The first-order chi connectivity index (χ1) is 15.9. The van der Waals surface area contributed by atoms with E-state index in [2.05, 4.69) is 17.4 Å². The van der Waals surface area contributed by atoms with E-state index in [0.29, 0.717) is 44.5 Å². The summed E-state index contributed by atoms with van der Waals surface area (Å²) in [5.74, 6) is -1.25. The highest BCUT2D eigenvalue weighted by atomic mass is 19.1. The van der Waals surface area contributed by atoms with E-state index in [4.69, 9.17) is 0 Å². The molecule has 3 aliphatic rings. The Bertz CT molecular complexity index is 1040. The number of benzene rings is 2. The van der Waals surface area contributed by atoms with E-state index in [9.17, 15) is 18.4 Å². The fourth-order valence-electron chi connectivity index (χ4n) is 6.51. The van der Waals surface area contributed by atoms with E-state index >= 15 is 0 Å². The molecule has 0 bridgehead atoms. The average molecular weight is 453 g/mol. The SMILES string of the molecule is O=C1CC2(CCN(C(=O)C3(c4ccccc4)CCCC3)CC2)[C@H](c2ccc(F)cc2F)CN1. The number of carbonyl (C=O) groups excluding carboxylic acids is 2. The molecule has 33 heavy (non-hydrogen) atoms. The summed E-state index contributed by atoms with van der Waals surface area (Å²) >= 11 is 0. The smallest absolute Gasteiger partial charge is 0.233 e. The number of nitrogens with zero attached hydrogens (tertiary/aromatic N) is 1. The van der Waals surface area contributed by atoms with Crippen molar-refractivity contribution in [2.75, 3.05) is 19.6 Å². The molecule has 0 radical (unpaired) electrons. The van der Waals surface area contributed by atoms with Crippen molar-refractivity contribution in [2.45, 2.75) is 56.3 Å².